The van der Waals surface area contributed by atoms with Crippen LogP contribution in [0.4, 0.5) is 0 Å². The summed E-state index contributed by atoms with van der Waals surface area (Å²) in [5, 5.41) is 13.9. The molecule has 3 N–H and O–H groups in total. The number of esters is 1. The van der Waals surface area contributed by atoms with Crippen molar-refractivity contribution in [2.45, 2.75) is 157 Å². The standard InChI is InChI=1S/C50H68ClN3O6/c1-27(2)38-34(55)25-50(54-43(59)46(7,8)42-52-26-33(53-42)28-12-14-29(51)15-13-28)23-22-48(10)30(39(38)50)16-17-36-47(9)20-19-37(45(5,6)35(47)18-21-49(36,48)11)60-41(58)32-24-31(40(56)57)44(32,3)4/h12-15,26-27,30-32,35-37H,16-25H2,1-11H3,(H,52,53)(H,54,59)(H,56,57)/t30-,31+,32-,35+,36-,37+,47+,48-,49-,50?/m1/s1. The molecule has 0 saturated heterocycles. The highest BCUT2D eigenvalue weighted by molar-refractivity contribution is 6.30. The molecular weight excluding hydrogens is 774 g/mol. The number of carboxylic acid groups (broad SMARTS) is 1. The molecule has 2 aromatic rings. The van der Waals surface area contributed by atoms with Crippen LogP contribution in [0, 0.1) is 62.6 Å². The smallest absolute Gasteiger partial charge is 0.309 e. The molecule has 1 aromatic heterocycles. The van der Waals surface area contributed by atoms with Crippen molar-refractivity contribution in [2.75, 3.05) is 0 Å². The van der Waals surface area contributed by atoms with Crippen LogP contribution in [0.2, 0.25) is 5.02 Å². The van der Waals surface area contributed by atoms with Gasteiger partial charge in [0.15, 0.2) is 5.78 Å². The first kappa shape index (κ1) is 43.2. The summed E-state index contributed by atoms with van der Waals surface area (Å²) in [6.07, 6.45) is 9.75. The van der Waals surface area contributed by atoms with Crippen molar-refractivity contribution in [2.24, 2.45) is 62.6 Å². The summed E-state index contributed by atoms with van der Waals surface area (Å²) < 4.78 is 6.43. The van der Waals surface area contributed by atoms with Crippen molar-refractivity contribution in [1.29, 1.82) is 0 Å². The molecule has 10 heteroatoms. The molecule has 1 aromatic carbocycles. The lowest BCUT2D eigenvalue weighted by molar-refractivity contribution is -0.235. The predicted octanol–water partition coefficient (Wildman–Crippen LogP) is 10.5. The van der Waals surface area contributed by atoms with Crippen LogP contribution >= 0.6 is 11.6 Å². The third-order valence-corrected chi connectivity index (χ3v) is 19.0. The Labute approximate surface area is 362 Å². The summed E-state index contributed by atoms with van der Waals surface area (Å²) in [6.45, 7) is 24.1. The SMILES string of the molecule is CC(C)C1=C2[C@H]3CC[C@@H]4[C@@]5(C)CC[C@H](OC(=O)[C@H]6C[C@@H](C(=O)O)C6(C)C)C(C)(C)[C@@H]5CC[C@@]4(C)[C@]3(C)CCC2(NC(=O)C(C)(C)c2ncc(-c3ccc(Cl)cc3)[nH]2)CC1=O. The minimum absolute atomic E-state index is 0.00492. The topological polar surface area (TPSA) is 138 Å². The van der Waals surface area contributed by atoms with Crippen LogP contribution in [-0.2, 0) is 29.3 Å². The lowest BCUT2D eigenvalue weighted by Gasteiger charge is -2.72. The molecule has 8 rings (SSSR count). The number of Topliss-reactive ketones (excluding diaryl/α,β-unsaturated/α-hetero) is 1. The van der Waals surface area contributed by atoms with E-state index in [1.807, 2.05) is 52.0 Å². The monoisotopic (exact) mass is 841 g/mol. The fourth-order valence-electron chi connectivity index (χ4n) is 14.8. The number of H-pyrrole nitrogens is 1. The van der Waals surface area contributed by atoms with Crippen LogP contribution < -0.4 is 5.32 Å². The number of ketones is 1. The van der Waals surface area contributed by atoms with Crippen LogP contribution in [0.3, 0.4) is 0 Å². The van der Waals surface area contributed by atoms with E-state index >= 15 is 0 Å². The number of aromatic nitrogens is 2. The molecule has 0 radical (unpaired) electrons. The highest BCUT2D eigenvalue weighted by Crippen LogP contribution is 2.76. The first-order chi connectivity index (χ1) is 27.8. The van der Waals surface area contributed by atoms with Gasteiger partial charge in [-0.25, -0.2) is 4.98 Å². The molecule has 10 atom stereocenters. The van der Waals surface area contributed by atoms with Crippen molar-refractivity contribution in [3.63, 3.8) is 0 Å². The van der Waals surface area contributed by atoms with E-state index in [0.717, 1.165) is 68.2 Å². The van der Waals surface area contributed by atoms with Gasteiger partial charge in [0.25, 0.3) is 0 Å². The molecule has 1 amide bonds. The number of aromatic amines is 1. The zero-order chi connectivity index (χ0) is 43.7. The predicted molar refractivity (Wildman–Crippen MR) is 233 cm³/mol. The molecule has 6 aliphatic carbocycles. The molecule has 6 aliphatic rings. The van der Waals surface area contributed by atoms with Gasteiger partial charge in [-0.1, -0.05) is 86.0 Å². The number of halogens is 1. The number of aliphatic carboxylic acids is 1. The Morgan fingerprint density at radius 2 is 1.57 bits per heavy atom. The van der Waals surface area contributed by atoms with Gasteiger partial charge in [0.1, 0.15) is 17.3 Å². The van der Waals surface area contributed by atoms with Gasteiger partial charge in [-0.15, -0.1) is 0 Å². The second-order valence-electron chi connectivity index (χ2n) is 22.8. The van der Waals surface area contributed by atoms with Gasteiger partial charge >= 0.3 is 11.9 Å². The molecule has 1 heterocycles. The Balaban J connectivity index is 1.05. The van der Waals surface area contributed by atoms with Gasteiger partial charge in [0.05, 0.1) is 29.3 Å². The highest BCUT2D eigenvalue weighted by atomic mass is 35.5. The number of hydrogen-bond donors (Lipinski definition) is 3. The summed E-state index contributed by atoms with van der Waals surface area (Å²) >= 11 is 6.15. The Kier molecular flexibility index (Phi) is 10.1. The van der Waals surface area contributed by atoms with Crippen LogP contribution in [0.1, 0.15) is 146 Å². The third-order valence-electron chi connectivity index (χ3n) is 18.7. The number of nitrogens with one attached hydrogen (secondary N) is 2. The van der Waals surface area contributed by atoms with Crippen molar-refractivity contribution in [3.05, 3.63) is 52.5 Å². The molecule has 5 fully saturated rings. The Hall–Kier alpha value is -3.46. The van der Waals surface area contributed by atoms with Gasteiger partial charge in [0.2, 0.25) is 5.91 Å². The van der Waals surface area contributed by atoms with E-state index < -0.39 is 34.2 Å². The Morgan fingerprint density at radius 3 is 2.20 bits per heavy atom. The van der Waals surface area contributed by atoms with Crippen molar-refractivity contribution in [3.8, 4) is 11.3 Å². The quantitative estimate of drug-likeness (QED) is 0.225. The van der Waals surface area contributed by atoms with Crippen LogP contribution in [-0.4, -0.2) is 50.3 Å². The molecule has 9 nitrogen and oxygen atoms in total. The number of carbonyl (C=O) groups excluding carboxylic acids is 3. The first-order valence-electron chi connectivity index (χ1n) is 22.7. The summed E-state index contributed by atoms with van der Waals surface area (Å²) in [7, 11) is 0. The van der Waals surface area contributed by atoms with Gasteiger partial charge in [-0.05, 0) is 146 Å². The number of allylic oxidation sites excluding steroid dienone is 1. The number of nitrogens with zero attached hydrogens (tertiary/aromatic N) is 1. The largest absolute Gasteiger partial charge is 0.481 e. The highest BCUT2D eigenvalue weighted by Gasteiger charge is 2.71. The van der Waals surface area contributed by atoms with E-state index in [0.29, 0.717) is 35.5 Å². The fourth-order valence-corrected chi connectivity index (χ4v) is 14.9. The van der Waals surface area contributed by atoms with Crippen LogP contribution in [0.5, 0.6) is 0 Å². The number of fused-ring (bicyclic) bond motifs is 7. The van der Waals surface area contributed by atoms with E-state index in [1.54, 1.807) is 6.20 Å². The molecule has 0 aliphatic heterocycles. The Bertz CT molecular complexity index is 2150. The molecule has 0 spiro atoms. The van der Waals surface area contributed by atoms with E-state index in [1.165, 1.54) is 5.57 Å². The van der Waals surface area contributed by atoms with E-state index in [2.05, 4.69) is 58.8 Å². The molecule has 326 valence electrons. The van der Waals surface area contributed by atoms with E-state index in [4.69, 9.17) is 21.3 Å². The lowest BCUT2D eigenvalue weighted by atomic mass is 9.33. The van der Waals surface area contributed by atoms with Crippen molar-refractivity contribution >= 4 is 35.2 Å². The summed E-state index contributed by atoms with van der Waals surface area (Å²) in [5.41, 5.74) is 1.28. The number of rotatable bonds is 8. The zero-order valence-electron chi connectivity index (χ0n) is 37.8. The maximum atomic E-state index is 14.7. The van der Waals surface area contributed by atoms with Gasteiger partial charge in [0, 0.05) is 16.9 Å². The zero-order valence-corrected chi connectivity index (χ0v) is 38.6. The lowest BCUT2D eigenvalue weighted by Crippen LogP contribution is -2.67. The number of benzene rings is 1. The van der Waals surface area contributed by atoms with Gasteiger partial charge < -0.3 is 20.1 Å². The van der Waals surface area contributed by atoms with Crippen LogP contribution in [0.15, 0.2) is 41.6 Å². The third kappa shape index (κ3) is 6.07. The molecule has 0 bridgehead atoms. The molecule has 5 saturated carbocycles. The van der Waals surface area contributed by atoms with Gasteiger partial charge in [-0.3, -0.25) is 19.2 Å². The Morgan fingerprint density at radius 1 is 0.883 bits per heavy atom. The average molecular weight is 843 g/mol. The minimum Gasteiger partial charge on any atom is -0.481 e. The number of ether oxygens (including phenoxy) is 1. The maximum Gasteiger partial charge on any atom is 0.309 e. The average Bonchev–Trinajstić information content (AvgIpc) is 3.76. The van der Waals surface area contributed by atoms with E-state index in [9.17, 15) is 24.3 Å². The molecule has 60 heavy (non-hydrogen) atoms. The van der Waals surface area contributed by atoms with Crippen molar-refractivity contribution in [1.82, 2.24) is 15.3 Å². The number of carbonyl (C=O) groups is 4. The number of imidazole rings is 1. The second kappa shape index (κ2) is 14.0. The molecule has 1 unspecified atom stereocenters. The molecular formula is C50H68ClN3O6. The van der Waals surface area contributed by atoms with E-state index in [-0.39, 0.29) is 57.3 Å². The summed E-state index contributed by atoms with van der Waals surface area (Å²) in [4.78, 5) is 62.6. The second-order valence-corrected chi connectivity index (χ2v) is 23.2. The number of hydrogen-bond acceptors (Lipinski definition) is 6. The summed E-state index contributed by atoms with van der Waals surface area (Å²) in [5.74, 6) is -0.339. The summed E-state index contributed by atoms with van der Waals surface area (Å²) in [6, 6.07) is 7.54. The fraction of sp³-hybridized carbons (Fsp3) is 0.700. The van der Waals surface area contributed by atoms with Crippen molar-refractivity contribution < 1.29 is 29.0 Å². The maximum absolute atomic E-state index is 14.7. The van der Waals surface area contributed by atoms with Gasteiger partial charge in [-0.2, -0.15) is 0 Å². The normalized spacial score (nSPS) is 37.9. The van der Waals surface area contributed by atoms with Crippen LogP contribution in [0.25, 0.3) is 11.3 Å². The minimum atomic E-state index is -0.986. The first-order valence-corrected chi connectivity index (χ1v) is 23.1. The number of amides is 1. The number of carboxylic acids is 1.